The molecule has 1 aliphatic rings. The van der Waals surface area contributed by atoms with Crippen molar-refractivity contribution in [2.75, 3.05) is 23.0 Å². The predicted octanol–water partition coefficient (Wildman–Crippen LogP) is 4.59. The molecule has 0 saturated carbocycles. The number of pyridine rings is 1. The smallest absolute Gasteiger partial charge is 0.416 e. The van der Waals surface area contributed by atoms with E-state index in [0.717, 1.165) is 35.9 Å². The van der Waals surface area contributed by atoms with Gasteiger partial charge in [0.25, 0.3) is 0 Å². The number of anilines is 3. The van der Waals surface area contributed by atoms with Crippen LogP contribution in [-0.4, -0.2) is 44.2 Å². The topological polar surface area (TPSA) is 132 Å². The molecule has 0 fully saturated rings. The van der Waals surface area contributed by atoms with E-state index in [2.05, 4.69) is 30.7 Å². The van der Waals surface area contributed by atoms with Gasteiger partial charge in [-0.25, -0.2) is 24.3 Å². The van der Waals surface area contributed by atoms with E-state index in [-0.39, 0.29) is 17.7 Å². The van der Waals surface area contributed by atoms with Gasteiger partial charge in [0.2, 0.25) is 5.90 Å². The number of carbonyl (C=O) groups is 1. The van der Waals surface area contributed by atoms with Gasteiger partial charge in [-0.05, 0) is 36.2 Å². The Bertz CT molecular complexity index is 1500. The van der Waals surface area contributed by atoms with Gasteiger partial charge in [-0.1, -0.05) is 19.1 Å². The van der Waals surface area contributed by atoms with Crippen LogP contribution in [0.15, 0.2) is 60.1 Å². The number of ether oxygens (including phenoxy) is 1. The van der Waals surface area contributed by atoms with Crippen LogP contribution in [0.3, 0.4) is 0 Å². The number of fused-ring (bicyclic) bond motifs is 1. The van der Waals surface area contributed by atoms with E-state index in [1.807, 2.05) is 6.92 Å². The molecule has 37 heavy (non-hydrogen) atoms. The van der Waals surface area contributed by atoms with Gasteiger partial charge in [0.05, 0.1) is 17.2 Å². The van der Waals surface area contributed by atoms with Crippen molar-refractivity contribution in [1.29, 1.82) is 0 Å². The number of urea groups is 1. The highest BCUT2D eigenvalue weighted by Gasteiger charge is 2.31. The molecule has 13 heteroatoms. The minimum absolute atomic E-state index is 0.0608. The van der Waals surface area contributed by atoms with Gasteiger partial charge in [-0.15, -0.1) is 0 Å². The molecule has 0 spiro atoms. The Morgan fingerprint density at radius 1 is 1.19 bits per heavy atom. The number of hydrogen-bond donors (Lipinski definition) is 3. The van der Waals surface area contributed by atoms with Crippen molar-refractivity contribution in [2.24, 2.45) is 4.99 Å². The number of benzene rings is 1. The highest BCUT2D eigenvalue weighted by atomic mass is 19.4. The maximum absolute atomic E-state index is 12.9. The third kappa shape index (κ3) is 4.87. The van der Waals surface area contributed by atoms with Crippen LogP contribution in [-0.2, 0) is 10.9 Å². The summed E-state index contributed by atoms with van der Waals surface area (Å²) in [5, 5.41) is 9.13. The second-order valence-electron chi connectivity index (χ2n) is 8.25. The number of halogens is 3. The van der Waals surface area contributed by atoms with Crippen LogP contribution in [0.1, 0.15) is 24.5 Å². The summed E-state index contributed by atoms with van der Waals surface area (Å²) in [6.45, 7) is 2.52. The van der Waals surface area contributed by atoms with Crippen LogP contribution >= 0.6 is 0 Å². The zero-order valence-corrected chi connectivity index (χ0v) is 19.5. The van der Waals surface area contributed by atoms with Gasteiger partial charge in [0, 0.05) is 23.6 Å². The normalized spacial score (nSPS) is 15.4. The Morgan fingerprint density at radius 3 is 2.68 bits per heavy atom. The number of nitrogens with zero attached hydrogens (tertiary/aromatic N) is 5. The molecule has 0 aliphatic carbocycles. The molecule has 1 aliphatic heterocycles. The second kappa shape index (κ2) is 9.41. The number of carbonyl (C=O) groups excluding carboxylic acids is 1. The highest BCUT2D eigenvalue weighted by Crippen LogP contribution is 2.35. The van der Waals surface area contributed by atoms with Crippen LogP contribution in [0, 0.1) is 0 Å². The van der Waals surface area contributed by atoms with E-state index >= 15 is 0 Å². The first-order chi connectivity index (χ1) is 17.7. The lowest BCUT2D eigenvalue weighted by atomic mass is 10.0. The standard InChI is InChI=1S/C24H21F3N8O2/c1-2-15-11-37-22(32-15)17-10-35-20(21(28)30-12-31-35)19(17)13-3-5-16(6-4-13)33-23(36)34-18-9-14(7-8-29-18)24(25,26)27/h3-10,12,15H,2,11H2,1H3,(H2,28,30,31)(H2,29,33,34,36). The van der Waals surface area contributed by atoms with Gasteiger partial charge < -0.3 is 15.8 Å². The molecule has 1 unspecified atom stereocenters. The van der Waals surface area contributed by atoms with Crippen LogP contribution in [0.25, 0.3) is 16.6 Å². The van der Waals surface area contributed by atoms with E-state index < -0.39 is 17.8 Å². The number of amides is 2. The first-order valence-electron chi connectivity index (χ1n) is 11.3. The molecule has 4 N–H and O–H groups in total. The lowest BCUT2D eigenvalue weighted by Gasteiger charge is -2.11. The number of aromatic nitrogens is 4. The molecule has 4 aromatic rings. The summed E-state index contributed by atoms with van der Waals surface area (Å²) in [6.07, 6.45) is 0.402. The zero-order valence-electron chi connectivity index (χ0n) is 19.5. The van der Waals surface area contributed by atoms with Gasteiger partial charge in [-0.2, -0.15) is 18.3 Å². The summed E-state index contributed by atoms with van der Waals surface area (Å²) in [5.41, 5.74) is 8.42. The molecule has 190 valence electrons. The Hall–Kier alpha value is -4.68. The molecular weight excluding hydrogens is 489 g/mol. The number of aliphatic imine (C=N–C) groups is 1. The third-order valence-electron chi connectivity index (χ3n) is 5.78. The lowest BCUT2D eigenvalue weighted by molar-refractivity contribution is -0.137. The summed E-state index contributed by atoms with van der Waals surface area (Å²) < 4.78 is 46.2. The van der Waals surface area contributed by atoms with Crippen molar-refractivity contribution in [3.8, 4) is 11.1 Å². The van der Waals surface area contributed by atoms with Crippen molar-refractivity contribution >= 4 is 34.8 Å². The molecule has 1 aromatic carbocycles. The fourth-order valence-electron chi connectivity index (χ4n) is 3.94. The minimum Gasteiger partial charge on any atom is -0.475 e. The van der Waals surface area contributed by atoms with Gasteiger partial charge in [0.1, 0.15) is 24.3 Å². The van der Waals surface area contributed by atoms with E-state index in [1.54, 1.807) is 35.0 Å². The fourth-order valence-corrected chi connectivity index (χ4v) is 3.94. The molecule has 5 rings (SSSR count). The quantitative estimate of drug-likeness (QED) is 0.360. The summed E-state index contributed by atoms with van der Waals surface area (Å²) in [6, 6.07) is 7.71. The molecule has 3 aromatic heterocycles. The molecule has 4 heterocycles. The van der Waals surface area contributed by atoms with Crippen LogP contribution in [0.4, 0.5) is 35.3 Å². The Kier molecular flexibility index (Phi) is 6.11. The van der Waals surface area contributed by atoms with Gasteiger partial charge >= 0.3 is 12.2 Å². The maximum atomic E-state index is 12.9. The largest absolute Gasteiger partial charge is 0.475 e. The lowest BCUT2D eigenvalue weighted by Crippen LogP contribution is -2.20. The Morgan fingerprint density at radius 2 is 1.97 bits per heavy atom. The maximum Gasteiger partial charge on any atom is 0.416 e. The monoisotopic (exact) mass is 510 g/mol. The highest BCUT2D eigenvalue weighted by molar-refractivity contribution is 6.07. The molecule has 0 radical (unpaired) electrons. The van der Waals surface area contributed by atoms with E-state index in [1.165, 1.54) is 6.33 Å². The molecule has 0 bridgehead atoms. The van der Waals surface area contributed by atoms with Crippen molar-refractivity contribution < 1.29 is 22.7 Å². The molecule has 1 atom stereocenters. The van der Waals surface area contributed by atoms with Crippen LogP contribution in [0.5, 0.6) is 0 Å². The van der Waals surface area contributed by atoms with Gasteiger partial charge in [-0.3, -0.25) is 5.32 Å². The van der Waals surface area contributed by atoms with Crippen molar-refractivity contribution in [3.05, 3.63) is 66.2 Å². The molecule has 0 saturated heterocycles. The SMILES string of the molecule is CCC1COC(c2cn3ncnc(N)c3c2-c2ccc(NC(=O)Nc3cc(C(F)(F)F)ccn3)cc2)=N1. The number of nitrogens with one attached hydrogen (secondary N) is 2. The Balaban J connectivity index is 1.40. The van der Waals surface area contributed by atoms with Crippen molar-refractivity contribution in [1.82, 2.24) is 19.6 Å². The zero-order chi connectivity index (χ0) is 26.2. The molecule has 10 nitrogen and oxygen atoms in total. The summed E-state index contributed by atoms with van der Waals surface area (Å²) >= 11 is 0. The number of nitrogens with two attached hydrogens (primary N) is 1. The van der Waals surface area contributed by atoms with E-state index in [9.17, 15) is 18.0 Å². The number of alkyl halides is 3. The first kappa shape index (κ1) is 24.0. The summed E-state index contributed by atoms with van der Waals surface area (Å²) in [7, 11) is 0. The molecule has 2 amide bonds. The van der Waals surface area contributed by atoms with Crippen molar-refractivity contribution in [3.63, 3.8) is 0 Å². The first-order valence-corrected chi connectivity index (χ1v) is 11.3. The second-order valence-corrected chi connectivity index (χ2v) is 8.25. The van der Waals surface area contributed by atoms with Gasteiger partial charge in [0.15, 0.2) is 5.82 Å². The third-order valence-corrected chi connectivity index (χ3v) is 5.78. The predicted molar refractivity (Wildman–Crippen MR) is 131 cm³/mol. The van der Waals surface area contributed by atoms with Crippen molar-refractivity contribution in [2.45, 2.75) is 25.6 Å². The Labute approximate surface area is 208 Å². The average molecular weight is 510 g/mol. The minimum atomic E-state index is -4.55. The average Bonchev–Trinajstić information content (AvgIpc) is 3.49. The van der Waals surface area contributed by atoms with E-state index in [0.29, 0.717) is 29.3 Å². The number of nitrogen functional groups attached to an aromatic ring is 1. The molecular formula is C24H21F3N8O2. The van der Waals surface area contributed by atoms with Crippen LogP contribution in [0.2, 0.25) is 0 Å². The van der Waals surface area contributed by atoms with E-state index in [4.69, 9.17) is 10.5 Å². The number of hydrogen-bond acceptors (Lipinski definition) is 7. The fraction of sp³-hybridized carbons (Fsp3) is 0.208. The number of rotatable bonds is 5. The summed E-state index contributed by atoms with van der Waals surface area (Å²) in [5.74, 6) is 0.533. The van der Waals surface area contributed by atoms with Crippen LogP contribution < -0.4 is 16.4 Å². The summed E-state index contributed by atoms with van der Waals surface area (Å²) in [4.78, 5) is 24.9.